The third-order valence-electron chi connectivity index (χ3n) is 6.08. The first kappa shape index (κ1) is 27.8. The fourth-order valence-electron chi connectivity index (χ4n) is 4.09. The van der Waals surface area contributed by atoms with E-state index in [1.807, 2.05) is 19.0 Å². The van der Waals surface area contributed by atoms with Crippen LogP contribution in [0.1, 0.15) is 36.9 Å². The number of rotatable bonds is 13. The van der Waals surface area contributed by atoms with Gasteiger partial charge >= 0.3 is 0 Å². The van der Waals surface area contributed by atoms with Gasteiger partial charge in [-0.15, -0.1) is 0 Å². The number of benzene rings is 2. The molecule has 1 saturated heterocycles. The quantitative estimate of drug-likeness (QED) is 0.141. The average molecular weight is 509 g/mol. The molecule has 3 rings (SSSR count). The molecule has 0 saturated carbocycles. The second-order valence-corrected chi connectivity index (χ2v) is 9.03. The number of aliphatic hydroxyl groups is 1. The van der Waals surface area contributed by atoms with Gasteiger partial charge in [-0.3, -0.25) is 9.59 Å². The second kappa shape index (κ2) is 13.0. The molecule has 1 aliphatic rings. The maximum absolute atomic E-state index is 13.2. The number of unbranched alkanes of at least 4 members (excludes halogenated alkanes) is 1. The van der Waals surface area contributed by atoms with Crippen LogP contribution in [0.25, 0.3) is 5.76 Å². The van der Waals surface area contributed by atoms with Crippen LogP contribution in [0.5, 0.6) is 17.2 Å². The Balaban J connectivity index is 2.06. The van der Waals surface area contributed by atoms with E-state index in [0.717, 1.165) is 12.8 Å². The van der Waals surface area contributed by atoms with Gasteiger partial charge in [-0.2, -0.15) is 0 Å². The summed E-state index contributed by atoms with van der Waals surface area (Å²) in [6.07, 6.45) is 3.60. The van der Waals surface area contributed by atoms with E-state index in [2.05, 4.69) is 13.5 Å². The van der Waals surface area contributed by atoms with Gasteiger partial charge in [0.1, 0.15) is 18.1 Å². The van der Waals surface area contributed by atoms with Crippen LogP contribution in [0.4, 0.5) is 0 Å². The molecule has 1 aliphatic heterocycles. The average Bonchev–Trinajstić information content (AvgIpc) is 3.15. The van der Waals surface area contributed by atoms with Gasteiger partial charge in [0.2, 0.25) is 0 Å². The van der Waals surface area contributed by atoms with E-state index in [1.54, 1.807) is 48.5 Å². The Hall–Kier alpha value is -3.78. The zero-order valence-electron chi connectivity index (χ0n) is 22.0. The van der Waals surface area contributed by atoms with Gasteiger partial charge < -0.3 is 29.1 Å². The summed E-state index contributed by atoms with van der Waals surface area (Å²) in [6.45, 7) is 7.51. The van der Waals surface area contributed by atoms with E-state index in [4.69, 9.17) is 14.2 Å². The van der Waals surface area contributed by atoms with E-state index < -0.39 is 17.7 Å². The van der Waals surface area contributed by atoms with Crippen LogP contribution in [-0.4, -0.2) is 74.1 Å². The Morgan fingerprint density at radius 1 is 1.11 bits per heavy atom. The zero-order valence-corrected chi connectivity index (χ0v) is 22.0. The van der Waals surface area contributed by atoms with Crippen molar-refractivity contribution in [2.24, 2.45) is 0 Å². The molecule has 1 heterocycles. The molecule has 1 N–H and O–H groups in total. The number of ether oxygens (including phenoxy) is 3. The fraction of sp³-hybridized carbons (Fsp3) is 0.379. The standard InChI is InChI=1S/C29H36N2O6/c1-6-8-18-36-22-12-9-20(10-13-22)27(32)25-26(31(16-15-30(3)4)29(34)28(25)33)21-11-14-23(37-17-7-2)24(19-21)35-5/h7,9-14,19,26,32H,2,6,8,15-18H2,1,3-5H3. The maximum Gasteiger partial charge on any atom is 0.295 e. The normalized spacial score (nSPS) is 16.8. The Morgan fingerprint density at radius 2 is 1.84 bits per heavy atom. The Kier molecular flexibility index (Phi) is 9.74. The summed E-state index contributed by atoms with van der Waals surface area (Å²) >= 11 is 0. The summed E-state index contributed by atoms with van der Waals surface area (Å²) in [4.78, 5) is 29.8. The van der Waals surface area contributed by atoms with Gasteiger partial charge in [0.15, 0.2) is 11.5 Å². The molecule has 0 radical (unpaired) electrons. The number of likely N-dealkylation sites (tertiary alicyclic amines) is 1. The molecule has 0 bridgehead atoms. The topological polar surface area (TPSA) is 88.5 Å². The number of carbonyl (C=O) groups excluding carboxylic acids is 2. The van der Waals surface area contributed by atoms with E-state index in [-0.39, 0.29) is 11.3 Å². The molecule has 0 aliphatic carbocycles. The predicted octanol–water partition coefficient (Wildman–Crippen LogP) is 4.42. The lowest BCUT2D eigenvalue weighted by atomic mass is 9.95. The van der Waals surface area contributed by atoms with Crippen LogP contribution in [0.15, 0.2) is 60.7 Å². The number of likely N-dealkylation sites (N-methyl/N-ethyl adjacent to an activating group) is 1. The molecule has 2 aromatic rings. The summed E-state index contributed by atoms with van der Waals surface area (Å²) in [6, 6.07) is 11.3. The summed E-state index contributed by atoms with van der Waals surface area (Å²) in [5, 5.41) is 11.3. The van der Waals surface area contributed by atoms with Crippen molar-refractivity contribution in [1.29, 1.82) is 0 Å². The van der Waals surface area contributed by atoms with Gasteiger partial charge in [-0.1, -0.05) is 32.1 Å². The predicted molar refractivity (Wildman–Crippen MR) is 143 cm³/mol. The van der Waals surface area contributed by atoms with Gasteiger partial charge in [-0.05, 0) is 62.5 Å². The molecule has 8 nitrogen and oxygen atoms in total. The van der Waals surface area contributed by atoms with Gasteiger partial charge in [0, 0.05) is 18.7 Å². The first-order chi connectivity index (χ1) is 17.8. The van der Waals surface area contributed by atoms with Crippen molar-refractivity contribution in [2.45, 2.75) is 25.8 Å². The van der Waals surface area contributed by atoms with Gasteiger partial charge in [-0.25, -0.2) is 0 Å². The number of amides is 1. The number of carbonyl (C=O) groups is 2. The summed E-state index contributed by atoms with van der Waals surface area (Å²) in [7, 11) is 5.31. The minimum absolute atomic E-state index is 0.0326. The molecule has 8 heteroatoms. The minimum Gasteiger partial charge on any atom is -0.507 e. The Bertz CT molecular complexity index is 1140. The van der Waals surface area contributed by atoms with Crippen molar-refractivity contribution in [3.05, 3.63) is 71.8 Å². The third kappa shape index (κ3) is 6.51. The van der Waals surface area contributed by atoms with Crippen molar-refractivity contribution in [3.63, 3.8) is 0 Å². The molecule has 1 atom stereocenters. The van der Waals surface area contributed by atoms with E-state index in [9.17, 15) is 14.7 Å². The Labute approximate surface area is 218 Å². The number of methoxy groups -OCH3 is 1. The van der Waals surface area contributed by atoms with Crippen molar-refractivity contribution in [2.75, 3.05) is 47.5 Å². The monoisotopic (exact) mass is 508 g/mol. The smallest absolute Gasteiger partial charge is 0.295 e. The number of aliphatic hydroxyl groups excluding tert-OH is 1. The van der Waals surface area contributed by atoms with Crippen molar-refractivity contribution in [1.82, 2.24) is 9.80 Å². The van der Waals surface area contributed by atoms with Crippen LogP contribution < -0.4 is 14.2 Å². The fourth-order valence-corrected chi connectivity index (χ4v) is 4.09. The molecule has 2 aromatic carbocycles. The van der Waals surface area contributed by atoms with Crippen molar-refractivity contribution < 1.29 is 28.9 Å². The Morgan fingerprint density at radius 3 is 2.46 bits per heavy atom. The van der Waals surface area contributed by atoms with E-state index in [1.165, 1.54) is 12.0 Å². The van der Waals surface area contributed by atoms with Crippen LogP contribution in [0, 0.1) is 0 Å². The first-order valence-electron chi connectivity index (χ1n) is 12.4. The van der Waals surface area contributed by atoms with E-state index in [0.29, 0.717) is 54.7 Å². The molecule has 1 unspecified atom stereocenters. The van der Waals surface area contributed by atoms with Crippen molar-refractivity contribution >= 4 is 17.4 Å². The van der Waals surface area contributed by atoms with Gasteiger partial charge in [0.05, 0.1) is 25.3 Å². The second-order valence-electron chi connectivity index (χ2n) is 9.03. The summed E-state index contributed by atoms with van der Waals surface area (Å²) < 4.78 is 16.9. The number of hydrogen-bond donors (Lipinski definition) is 1. The zero-order chi connectivity index (χ0) is 26.9. The molecule has 37 heavy (non-hydrogen) atoms. The number of nitrogens with zero attached hydrogens (tertiary/aromatic N) is 2. The van der Waals surface area contributed by atoms with E-state index >= 15 is 0 Å². The minimum atomic E-state index is -0.789. The van der Waals surface area contributed by atoms with Crippen LogP contribution in [-0.2, 0) is 9.59 Å². The number of hydrogen-bond acceptors (Lipinski definition) is 7. The largest absolute Gasteiger partial charge is 0.507 e. The molecule has 0 spiro atoms. The first-order valence-corrected chi connectivity index (χ1v) is 12.4. The molecule has 1 fully saturated rings. The summed E-state index contributed by atoms with van der Waals surface area (Å²) in [5.74, 6) is 0.0186. The van der Waals surface area contributed by atoms with Gasteiger partial charge in [0.25, 0.3) is 11.7 Å². The lowest BCUT2D eigenvalue weighted by Crippen LogP contribution is -2.35. The highest BCUT2D eigenvalue weighted by Crippen LogP contribution is 2.42. The lowest BCUT2D eigenvalue weighted by Gasteiger charge is -2.27. The van der Waals surface area contributed by atoms with Crippen molar-refractivity contribution in [3.8, 4) is 17.2 Å². The molecule has 1 amide bonds. The number of ketones is 1. The highest BCUT2D eigenvalue weighted by atomic mass is 16.5. The van der Waals surface area contributed by atoms with Crippen LogP contribution >= 0.6 is 0 Å². The molecule has 0 aromatic heterocycles. The third-order valence-corrected chi connectivity index (χ3v) is 6.08. The summed E-state index contributed by atoms with van der Waals surface area (Å²) in [5.41, 5.74) is 1.09. The maximum atomic E-state index is 13.2. The highest BCUT2D eigenvalue weighted by molar-refractivity contribution is 6.46. The number of Topliss-reactive ketones (excluding diaryl/α,β-unsaturated/α-hetero) is 1. The van der Waals surface area contributed by atoms with Crippen LogP contribution in [0.2, 0.25) is 0 Å². The lowest BCUT2D eigenvalue weighted by molar-refractivity contribution is -0.140. The highest BCUT2D eigenvalue weighted by Gasteiger charge is 2.46. The SMILES string of the molecule is C=CCOc1ccc(C2C(=C(O)c3ccc(OCCCC)cc3)C(=O)C(=O)N2CCN(C)C)cc1OC. The molecule has 198 valence electrons. The molecular weight excluding hydrogens is 472 g/mol. The van der Waals surface area contributed by atoms with Crippen LogP contribution in [0.3, 0.4) is 0 Å². The molecular formula is C29H36N2O6.